The number of hydrogen-bond acceptors (Lipinski definition) is 4. The fourth-order valence-electron chi connectivity index (χ4n) is 1.82. The minimum Gasteiger partial charge on any atom is -0.497 e. The maximum Gasteiger partial charge on any atom is 0.374 e. The molecule has 2 aromatic rings. The van der Waals surface area contributed by atoms with Crippen molar-refractivity contribution >= 4 is 5.97 Å². The monoisotopic (exact) mass is 260 g/mol. The predicted octanol–water partition coefficient (Wildman–Crippen LogP) is 2.27. The number of rotatable bonds is 4. The third-order valence-corrected chi connectivity index (χ3v) is 2.83. The zero-order valence-corrected chi connectivity index (χ0v) is 11.2. The van der Waals surface area contributed by atoms with E-state index in [1.807, 2.05) is 24.3 Å². The minimum absolute atomic E-state index is 0.299. The second kappa shape index (κ2) is 5.56. The number of hydrogen-bond donors (Lipinski definition) is 0. The van der Waals surface area contributed by atoms with E-state index in [0.29, 0.717) is 12.4 Å². The number of ether oxygens (including phenoxy) is 2. The lowest BCUT2D eigenvalue weighted by molar-refractivity contribution is 0.0508. The summed E-state index contributed by atoms with van der Waals surface area (Å²) < 4.78 is 11.8. The largest absolute Gasteiger partial charge is 0.497 e. The Kier molecular flexibility index (Phi) is 3.85. The first-order valence-corrected chi connectivity index (χ1v) is 6.00. The Hall–Kier alpha value is -2.30. The van der Waals surface area contributed by atoms with E-state index in [9.17, 15) is 4.79 Å². The molecule has 0 saturated carbocycles. The lowest BCUT2D eigenvalue weighted by Gasteiger charge is -2.06. The summed E-state index contributed by atoms with van der Waals surface area (Å²) in [4.78, 5) is 15.8. The molecule has 0 aliphatic heterocycles. The number of carbonyl (C=O) groups is 1. The second-order valence-corrected chi connectivity index (χ2v) is 3.98. The molecular weight excluding hydrogens is 244 g/mol. The molecule has 100 valence electrons. The Morgan fingerprint density at radius 2 is 2.00 bits per heavy atom. The van der Waals surface area contributed by atoms with E-state index in [2.05, 4.69) is 4.98 Å². The highest BCUT2D eigenvalue weighted by molar-refractivity contribution is 5.86. The quantitative estimate of drug-likeness (QED) is 0.791. The summed E-state index contributed by atoms with van der Waals surface area (Å²) in [6, 6.07) is 7.58. The predicted molar refractivity (Wildman–Crippen MR) is 71.2 cm³/mol. The van der Waals surface area contributed by atoms with Crippen LogP contribution in [0.2, 0.25) is 0 Å². The van der Waals surface area contributed by atoms with Crippen LogP contribution in [0.4, 0.5) is 0 Å². The number of esters is 1. The van der Waals surface area contributed by atoms with Crippen LogP contribution < -0.4 is 4.74 Å². The summed E-state index contributed by atoms with van der Waals surface area (Å²) in [6.07, 6.45) is 1.66. The van der Waals surface area contributed by atoms with Crippen LogP contribution in [0.5, 0.6) is 5.75 Å². The first kappa shape index (κ1) is 13.1. The topological polar surface area (TPSA) is 53.4 Å². The van der Waals surface area contributed by atoms with Crippen LogP contribution in [0.25, 0.3) is 11.3 Å². The van der Waals surface area contributed by atoms with Gasteiger partial charge >= 0.3 is 5.97 Å². The van der Waals surface area contributed by atoms with Gasteiger partial charge in [0, 0.05) is 12.6 Å². The van der Waals surface area contributed by atoms with Crippen molar-refractivity contribution in [2.24, 2.45) is 7.05 Å². The van der Waals surface area contributed by atoms with E-state index in [1.54, 1.807) is 31.8 Å². The molecule has 19 heavy (non-hydrogen) atoms. The zero-order chi connectivity index (χ0) is 13.8. The number of methoxy groups -OCH3 is 1. The molecule has 0 spiro atoms. The maximum atomic E-state index is 11.7. The lowest BCUT2D eigenvalue weighted by Crippen LogP contribution is -2.11. The minimum atomic E-state index is -0.412. The molecule has 1 aromatic heterocycles. The van der Waals surface area contributed by atoms with Gasteiger partial charge in [0.25, 0.3) is 0 Å². The molecule has 1 heterocycles. The van der Waals surface area contributed by atoms with Gasteiger partial charge in [-0.3, -0.25) is 0 Å². The number of imidazole rings is 1. The van der Waals surface area contributed by atoms with Crippen LogP contribution in [0.15, 0.2) is 30.5 Å². The molecule has 5 nitrogen and oxygen atoms in total. The standard InChI is InChI=1S/C14H16N2O3/c1-4-19-14(17)13-15-9-12(16(13)2)10-5-7-11(18-3)8-6-10/h5-9H,4H2,1-3H3. The van der Waals surface area contributed by atoms with E-state index in [1.165, 1.54) is 0 Å². The van der Waals surface area contributed by atoms with Crippen molar-refractivity contribution in [2.75, 3.05) is 13.7 Å². The van der Waals surface area contributed by atoms with Crippen LogP contribution in [-0.2, 0) is 11.8 Å². The molecular formula is C14H16N2O3. The number of carbonyl (C=O) groups excluding carboxylic acids is 1. The molecule has 0 unspecified atom stereocenters. The number of benzene rings is 1. The Bertz CT molecular complexity index is 573. The first-order chi connectivity index (χ1) is 9.17. The fraction of sp³-hybridized carbons (Fsp3) is 0.286. The fourth-order valence-corrected chi connectivity index (χ4v) is 1.82. The molecule has 0 atom stereocenters. The second-order valence-electron chi connectivity index (χ2n) is 3.98. The average molecular weight is 260 g/mol. The van der Waals surface area contributed by atoms with Gasteiger partial charge in [-0.1, -0.05) is 0 Å². The summed E-state index contributed by atoms with van der Waals surface area (Å²) in [7, 11) is 3.41. The van der Waals surface area contributed by atoms with Gasteiger partial charge < -0.3 is 14.0 Å². The van der Waals surface area contributed by atoms with Gasteiger partial charge in [-0.15, -0.1) is 0 Å². The van der Waals surface area contributed by atoms with Gasteiger partial charge in [0.1, 0.15) is 5.75 Å². The average Bonchev–Trinajstić information content (AvgIpc) is 2.81. The summed E-state index contributed by atoms with van der Waals surface area (Å²) in [5.41, 5.74) is 1.82. The van der Waals surface area contributed by atoms with Gasteiger partial charge in [-0.2, -0.15) is 0 Å². The van der Waals surface area contributed by atoms with Crippen molar-refractivity contribution in [2.45, 2.75) is 6.92 Å². The highest BCUT2D eigenvalue weighted by atomic mass is 16.5. The van der Waals surface area contributed by atoms with E-state index < -0.39 is 5.97 Å². The highest BCUT2D eigenvalue weighted by Gasteiger charge is 2.16. The van der Waals surface area contributed by atoms with Crippen molar-refractivity contribution in [3.8, 4) is 17.0 Å². The smallest absolute Gasteiger partial charge is 0.374 e. The first-order valence-electron chi connectivity index (χ1n) is 6.00. The van der Waals surface area contributed by atoms with Crippen LogP contribution >= 0.6 is 0 Å². The van der Waals surface area contributed by atoms with Crippen molar-refractivity contribution in [1.82, 2.24) is 9.55 Å². The van der Waals surface area contributed by atoms with Crippen LogP contribution in [0, 0.1) is 0 Å². The van der Waals surface area contributed by atoms with E-state index >= 15 is 0 Å². The van der Waals surface area contributed by atoms with Gasteiger partial charge in [-0.25, -0.2) is 9.78 Å². The Balaban J connectivity index is 2.32. The summed E-state index contributed by atoms with van der Waals surface area (Å²) in [6.45, 7) is 2.11. The molecule has 5 heteroatoms. The molecule has 0 aliphatic carbocycles. The van der Waals surface area contributed by atoms with Crippen molar-refractivity contribution < 1.29 is 14.3 Å². The summed E-state index contributed by atoms with van der Waals surface area (Å²) in [5.74, 6) is 0.675. The molecule has 0 aliphatic rings. The van der Waals surface area contributed by atoms with Crippen molar-refractivity contribution in [1.29, 1.82) is 0 Å². The molecule has 1 aromatic carbocycles. The van der Waals surface area contributed by atoms with E-state index in [4.69, 9.17) is 9.47 Å². The lowest BCUT2D eigenvalue weighted by atomic mass is 10.1. The molecule has 0 bridgehead atoms. The normalized spacial score (nSPS) is 10.3. The third-order valence-electron chi connectivity index (χ3n) is 2.83. The zero-order valence-electron chi connectivity index (χ0n) is 11.2. The van der Waals surface area contributed by atoms with Gasteiger partial charge in [0.05, 0.1) is 25.6 Å². The van der Waals surface area contributed by atoms with Crippen LogP contribution in [-0.4, -0.2) is 29.2 Å². The summed E-state index contributed by atoms with van der Waals surface area (Å²) in [5, 5.41) is 0. The molecule has 0 saturated heterocycles. The SMILES string of the molecule is CCOC(=O)c1ncc(-c2ccc(OC)cc2)n1C. The Morgan fingerprint density at radius 3 is 2.58 bits per heavy atom. The molecule has 0 radical (unpaired) electrons. The van der Waals surface area contributed by atoms with Crippen LogP contribution in [0.1, 0.15) is 17.5 Å². The third kappa shape index (κ3) is 2.59. The Morgan fingerprint density at radius 1 is 1.32 bits per heavy atom. The van der Waals surface area contributed by atoms with Gasteiger partial charge in [-0.05, 0) is 31.2 Å². The number of aromatic nitrogens is 2. The van der Waals surface area contributed by atoms with E-state index in [-0.39, 0.29) is 0 Å². The van der Waals surface area contributed by atoms with E-state index in [0.717, 1.165) is 17.0 Å². The highest BCUT2D eigenvalue weighted by Crippen LogP contribution is 2.22. The van der Waals surface area contributed by atoms with Gasteiger partial charge in [0.2, 0.25) is 5.82 Å². The molecule has 0 amide bonds. The molecule has 2 rings (SSSR count). The molecule has 0 fully saturated rings. The molecule has 0 N–H and O–H groups in total. The van der Waals surface area contributed by atoms with Crippen molar-refractivity contribution in [3.63, 3.8) is 0 Å². The maximum absolute atomic E-state index is 11.7. The summed E-state index contributed by atoms with van der Waals surface area (Å²) >= 11 is 0. The van der Waals surface area contributed by atoms with Crippen molar-refractivity contribution in [3.05, 3.63) is 36.3 Å². The number of nitrogens with zero attached hydrogens (tertiary/aromatic N) is 2. The Labute approximate surface area is 111 Å². The van der Waals surface area contributed by atoms with Gasteiger partial charge in [0.15, 0.2) is 0 Å². The van der Waals surface area contributed by atoms with Crippen LogP contribution in [0.3, 0.4) is 0 Å².